The van der Waals surface area contributed by atoms with Crippen LogP contribution in [0.4, 0.5) is 0 Å². The summed E-state index contributed by atoms with van der Waals surface area (Å²) in [6.45, 7) is 5.02. The van der Waals surface area contributed by atoms with Gasteiger partial charge in [-0.2, -0.15) is 0 Å². The van der Waals surface area contributed by atoms with Crippen molar-refractivity contribution in [1.82, 2.24) is 5.32 Å². The minimum absolute atomic E-state index is 0.295. The average molecular weight is 295 g/mol. The Hall–Kier alpha value is 0.0500. The van der Waals surface area contributed by atoms with E-state index in [1.807, 2.05) is 18.2 Å². The molecule has 1 N–H and O–H groups in total. The van der Waals surface area contributed by atoms with Crippen molar-refractivity contribution in [1.29, 1.82) is 0 Å². The molecule has 0 aliphatic carbocycles. The second kappa shape index (κ2) is 7.48. The standard InChI is InChI=1S/C13H18Cl3N/c1-9(2)6-10(7-14)17-8-11-12(15)4-3-5-13(11)16/h3-5,9-10,17H,6-8H2,1-2H3. The van der Waals surface area contributed by atoms with E-state index < -0.39 is 0 Å². The molecular formula is C13H18Cl3N. The monoisotopic (exact) mass is 293 g/mol. The van der Waals surface area contributed by atoms with Gasteiger partial charge in [-0.05, 0) is 24.5 Å². The van der Waals surface area contributed by atoms with Gasteiger partial charge in [-0.1, -0.05) is 43.1 Å². The fraction of sp³-hybridized carbons (Fsp3) is 0.538. The van der Waals surface area contributed by atoms with Gasteiger partial charge in [0.15, 0.2) is 0 Å². The summed E-state index contributed by atoms with van der Waals surface area (Å²) < 4.78 is 0. The van der Waals surface area contributed by atoms with Crippen LogP contribution in [0.25, 0.3) is 0 Å². The molecule has 1 nitrogen and oxygen atoms in total. The minimum atomic E-state index is 0.295. The molecule has 0 aliphatic rings. The average Bonchev–Trinajstić information content (AvgIpc) is 2.26. The van der Waals surface area contributed by atoms with Crippen LogP contribution in [0.3, 0.4) is 0 Å². The molecular weight excluding hydrogens is 277 g/mol. The van der Waals surface area contributed by atoms with Gasteiger partial charge >= 0.3 is 0 Å². The largest absolute Gasteiger partial charge is 0.309 e. The van der Waals surface area contributed by atoms with Gasteiger partial charge in [-0.15, -0.1) is 11.6 Å². The normalized spacial score (nSPS) is 13.1. The summed E-state index contributed by atoms with van der Waals surface area (Å²) in [6.07, 6.45) is 1.05. The molecule has 0 amide bonds. The Morgan fingerprint density at radius 2 is 1.76 bits per heavy atom. The second-order valence-corrected chi connectivity index (χ2v) is 5.68. The summed E-state index contributed by atoms with van der Waals surface area (Å²) in [7, 11) is 0. The van der Waals surface area contributed by atoms with Crippen LogP contribution in [0.15, 0.2) is 18.2 Å². The Labute approximate surface area is 118 Å². The lowest BCUT2D eigenvalue weighted by atomic mass is 10.0. The lowest BCUT2D eigenvalue weighted by Crippen LogP contribution is -2.31. The first-order chi connectivity index (χ1) is 8.04. The first-order valence-electron chi connectivity index (χ1n) is 5.76. The highest BCUT2D eigenvalue weighted by molar-refractivity contribution is 6.35. The van der Waals surface area contributed by atoms with Crippen molar-refractivity contribution in [2.45, 2.75) is 32.9 Å². The van der Waals surface area contributed by atoms with Gasteiger partial charge in [0.2, 0.25) is 0 Å². The Morgan fingerprint density at radius 3 is 2.24 bits per heavy atom. The molecule has 0 saturated heterocycles. The lowest BCUT2D eigenvalue weighted by molar-refractivity contribution is 0.445. The predicted molar refractivity (Wildman–Crippen MR) is 77.3 cm³/mol. The maximum Gasteiger partial charge on any atom is 0.0465 e. The van der Waals surface area contributed by atoms with Gasteiger partial charge in [0, 0.05) is 34.1 Å². The quantitative estimate of drug-likeness (QED) is 0.748. The van der Waals surface area contributed by atoms with E-state index in [-0.39, 0.29) is 0 Å². The van der Waals surface area contributed by atoms with Gasteiger partial charge in [0.05, 0.1) is 0 Å². The number of hydrogen-bond donors (Lipinski definition) is 1. The van der Waals surface area contributed by atoms with Crippen LogP contribution in [0, 0.1) is 5.92 Å². The summed E-state index contributed by atoms with van der Waals surface area (Å²) in [5.41, 5.74) is 0.940. The van der Waals surface area contributed by atoms with Gasteiger partial charge in [-0.3, -0.25) is 0 Å². The van der Waals surface area contributed by atoms with E-state index in [1.165, 1.54) is 0 Å². The van der Waals surface area contributed by atoms with Crippen LogP contribution in [0.1, 0.15) is 25.8 Å². The molecule has 0 aliphatic heterocycles. The van der Waals surface area contributed by atoms with Crippen LogP contribution in [-0.2, 0) is 6.54 Å². The molecule has 4 heteroatoms. The molecule has 1 atom stereocenters. The third kappa shape index (κ3) is 5.05. The molecule has 0 aromatic heterocycles. The van der Waals surface area contributed by atoms with E-state index in [4.69, 9.17) is 34.8 Å². The van der Waals surface area contributed by atoms with E-state index in [2.05, 4.69) is 19.2 Å². The van der Waals surface area contributed by atoms with Crippen LogP contribution in [-0.4, -0.2) is 11.9 Å². The smallest absolute Gasteiger partial charge is 0.0465 e. The van der Waals surface area contributed by atoms with E-state index in [0.717, 1.165) is 12.0 Å². The molecule has 1 rings (SSSR count). The summed E-state index contributed by atoms with van der Waals surface area (Å²) in [5.74, 6) is 1.22. The van der Waals surface area contributed by atoms with Crippen molar-refractivity contribution < 1.29 is 0 Å². The minimum Gasteiger partial charge on any atom is -0.309 e. The fourth-order valence-electron chi connectivity index (χ4n) is 1.72. The van der Waals surface area contributed by atoms with E-state index in [1.54, 1.807) is 0 Å². The van der Waals surface area contributed by atoms with Gasteiger partial charge in [-0.25, -0.2) is 0 Å². The van der Waals surface area contributed by atoms with Gasteiger partial charge in [0.1, 0.15) is 0 Å². The molecule has 17 heavy (non-hydrogen) atoms. The lowest BCUT2D eigenvalue weighted by Gasteiger charge is -2.19. The first kappa shape index (κ1) is 15.1. The molecule has 0 heterocycles. The van der Waals surface area contributed by atoms with Crippen molar-refractivity contribution in [2.24, 2.45) is 5.92 Å². The molecule has 1 aromatic carbocycles. The molecule has 1 aromatic rings. The number of alkyl halides is 1. The second-order valence-electron chi connectivity index (χ2n) is 4.56. The molecule has 0 fully saturated rings. The summed E-state index contributed by atoms with van der Waals surface area (Å²) in [4.78, 5) is 0. The summed E-state index contributed by atoms with van der Waals surface area (Å²) in [5, 5.41) is 4.79. The highest BCUT2D eigenvalue weighted by Gasteiger charge is 2.11. The van der Waals surface area contributed by atoms with Crippen molar-refractivity contribution in [3.63, 3.8) is 0 Å². The SMILES string of the molecule is CC(C)CC(CCl)NCc1c(Cl)cccc1Cl. The number of hydrogen-bond acceptors (Lipinski definition) is 1. The van der Waals surface area contributed by atoms with Crippen LogP contribution >= 0.6 is 34.8 Å². The van der Waals surface area contributed by atoms with Crippen molar-refractivity contribution >= 4 is 34.8 Å². The molecule has 0 saturated carbocycles. The van der Waals surface area contributed by atoms with E-state index >= 15 is 0 Å². The highest BCUT2D eigenvalue weighted by atomic mass is 35.5. The summed E-state index contributed by atoms with van der Waals surface area (Å²) in [6, 6.07) is 5.84. The Balaban J connectivity index is 2.59. The third-order valence-electron chi connectivity index (χ3n) is 2.57. The van der Waals surface area contributed by atoms with Crippen LogP contribution in [0.2, 0.25) is 10.0 Å². The zero-order valence-electron chi connectivity index (χ0n) is 10.1. The fourth-order valence-corrected chi connectivity index (χ4v) is 2.48. The maximum atomic E-state index is 6.10. The van der Waals surface area contributed by atoms with Crippen molar-refractivity contribution in [3.05, 3.63) is 33.8 Å². The topological polar surface area (TPSA) is 12.0 Å². The van der Waals surface area contributed by atoms with Crippen LogP contribution in [0.5, 0.6) is 0 Å². The maximum absolute atomic E-state index is 6.10. The van der Waals surface area contributed by atoms with Gasteiger partial charge in [0.25, 0.3) is 0 Å². The Bertz CT molecular complexity index is 332. The molecule has 0 spiro atoms. The van der Waals surface area contributed by atoms with E-state index in [0.29, 0.717) is 34.4 Å². The number of benzene rings is 1. The Kier molecular flexibility index (Phi) is 6.65. The van der Waals surface area contributed by atoms with Crippen molar-refractivity contribution in [3.8, 4) is 0 Å². The number of nitrogens with one attached hydrogen (secondary N) is 1. The summed E-state index contributed by atoms with van der Waals surface area (Å²) >= 11 is 18.1. The molecule has 1 unspecified atom stereocenters. The number of rotatable bonds is 6. The molecule has 0 bridgehead atoms. The third-order valence-corrected chi connectivity index (χ3v) is 3.65. The first-order valence-corrected chi connectivity index (χ1v) is 7.05. The van der Waals surface area contributed by atoms with E-state index in [9.17, 15) is 0 Å². The highest BCUT2D eigenvalue weighted by Crippen LogP contribution is 2.24. The predicted octanol–water partition coefficient (Wildman–Crippen LogP) is 4.74. The van der Waals surface area contributed by atoms with Gasteiger partial charge < -0.3 is 5.32 Å². The molecule has 96 valence electrons. The number of halogens is 3. The Morgan fingerprint density at radius 1 is 1.18 bits per heavy atom. The zero-order valence-corrected chi connectivity index (χ0v) is 12.4. The van der Waals surface area contributed by atoms with Crippen molar-refractivity contribution in [2.75, 3.05) is 5.88 Å². The zero-order chi connectivity index (χ0) is 12.8. The van der Waals surface area contributed by atoms with Crippen LogP contribution < -0.4 is 5.32 Å². The molecule has 0 radical (unpaired) electrons.